The van der Waals surface area contributed by atoms with E-state index >= 15 is 0 Å². The lowest BCUT2D eigenvalue weighted by Crippen LogP contribution is -2.32. The van der Waals surface area contributed by atoms with Gasteiger partial charge in [0.1, 0.15) is 11.5 Å². The predicted octanol–water partition coefficient (Wildman–Crippen LogP) is 2.95. The van der Waals surface area contributed by atoms with Crippen LogP contribution in [0.1, 0.15) is 35.7 Å². The van der Waals surface area contributed by atoms with Crippen molar-refractivity contribution in [1.29, 1.82) is 0 Å². The third kappa shape index (κ3) is 3.74. The number of carbonyl (C=O) groups is 1. The largest absolute Gasteiger partial charge is 0.464 e. The van der Waals surface area contributed by atoms with Gasteiger partial charge in [0, 0.05) is 17.3 Å². The minimum Gasteiger partial charge on any atom is -0.464 e. The van der Waals surface area contributed by atoms with E-state index in [4.69, 9.17) is 10.2 Å². The van der Waals surface area contributed by atoms with E-state index in [1.54, 1.807) is 11.3 Å². The van der Waals surface area contributed by atoms with E-state index in [0.29, 0.717) is 12.5 Å². The number of hydrogen-bond acceptors (Lipinski definition) is 4. The van der Waals surface area contributed by atoms with Crippen LogP contribution in [0.3, 0.4) is 0 Å². The molecule has 2 heterocycles. The standard InChI is InChI=1S/C16H20N2O2S/c1-11-7-14(11)15-5-4-12(20-15)8-18(10-16(17)19)9-13-3-2-6-21-13/h2-6,11,14H,7-10H2,1H3,(H2,17,19). The number of nitrogens with two attached hydrogens (primary N) is 1. The van der Waals surface area contributed by atoms with Crippen molar-refractivity contribution in [2.75, 3.05) is 6.54 Å². The fourth-order valence-electron chi connectivity index (χ4n) is 2.63. The molecule has 4 nitrogen and oxygen atoms in total. The van der Waals surface area contributed by atoms with E-state index in [0.717, 1.165) is 24.0 Å². The van der Waals surface area contributed by atoms with E-state index in [2.05, 4.69) is 19.1 Å². The van der Waals surface area contributed by atoms with Gasteiger partial charge in [-0.25, -0.2) is 0 Å². The van der Waals surface area contributed by atoms with Crippen molar-refractivity contribution in [2.24, 2.45) is 11.7 Å². The topological polar surface area (TPSA) is 59.5 Å². The van der Waals surface area contributed by atoms with Gasteiger partial charge < -0.3 is 10.2 Å². The number of nitrogens with zero attached hydrogens (tertiary/aromatic N) is 1. The second-order valence-electron chi connectivity index (χ2n) is 5.81. The van der Waals surface area contributed by atoms with Crippen LogP contribution in [0.25, 0.3) is 0 Å². The molecule has 0 radical (unpaired) electrons. The first-order chi connectivity index (χ1) is 10.1. The maximum absolute atomic E-state index is 11.2. The summed E-state index contributed by atoms with van der Waals surface area (Å²) in [6.45, 7) is 3.81. The minimum absolute atomic E-state index is 0.244. The first-order valence-corrected chi connectivity index (χ1v) is 8.11. The van der Waals surface area contributed by atoms with E-state index in [9.17, 15) is 4.79 Å². The minimum atomic E-state index is -0.311. The molecule has 2 N–H and O–H groups in total. The summed E-state index contributed by atoms with van der Waals surface area (Å²) in [6, 6.07) is 8.17. The van der Waals surface area contributed by atoms with Crippen molar-refractivity contribution in [3.63, 3.8) is 0 Å². The number of furan rings is 1. The Morgan fingerprint density at radius 1 is 1.43 bits per heavy atom. The Hall–Kier alpha value is -1.59. The molecule has 21 heavy (non-hydrogen) atoms. The monoisotopic (exact) mass is 304 g/mol. The third-order valence-corrected chi connectivity index (χ3v) is 4.74. The van der Waals surface area contributed by atoms with Gasteiger partial charge in [-0.1, -0.05) is 13.0 Å². The number of hydrogen-bond donors (Lipinski definition) is 1. The van der Waals surface area contributed by atoms with Crippen LogP contribution in [-0.4, -0.2) is 17.4 Å². The van der Waals surface area contributed by atoms with Crippen molar-refractivity contribution >= 4 is 17.2 Å². The summed E-state index contributed by atoms with van der Waals surface area (Å²) in [7, 11) is 0. The van der Waals surface area contributed by atoms with Crippen LogP contribution < -0.4 is 5.73 Å². The molecule has 2 aromatic rings. The number of rotatable bonds is 7. The molecule has 3 rings (SSSR count). The molecule has 1 fully saturated rings. The van der Waals surface area contributed by atoms with Gasteiger partial charge in [0.25, 0.3) is 0 Å². The van der Waals surface area contributed by atoms with E-state index in [1.165, 1.54) is 11.3 Å². The second-order valence-corrected chi connectivity index (χ2v) is 6.85. The van der Waals surface area contributed by atoms with Gasteiger partial charge in [0.2, 0.25) is 5.91 Å². The molecule has 0 aliphatic heterocycles. The third-order valence-electron chi connectivity index (χ3n) is 3.88. The van der Waals surface area contributed by atoms with Crippen LogP contribution in [0, 0.1) is 5.92 Å². The zero-order chi connectivity index (χ0) is 14.8. The number of carbonyl (C=O) groups excluding carboxylic acids is 1. The molecule has 0 saturated heterocycles. The van der Waals surface area contributed by atoms with Crippen molar-refractivity contribution in [3.8, 4) is 0 Å². The summed E-state index contributed by atoms with van der Waals surface area (Å²) < 4.78 is 5.92. The molecule has 5 heteroatoms. The van der Waals surface area contributed by atoms with Crippen molar-refractivity contribution in [2.45, 2.75) is 32.4 Å². The SMILES string of the molecule is CC1CC1c1ccc(CN(CC(N)=O)Cc2cccs2)o1. The summed E-state index contributed by atoms with van der Waals surface area (Å²) in [5.74, 6) is 2.99. The molecule has 2 aromatic heterocycles. The first kappa shape index (κ1) is 14.4. The summed E-state index contributed by atoms with van der Waals surface area (Å²) in [5, 5.41) is 2.04. The Morgan fingerprint density at radius 2 is 2.24 bits per heavy atom. The smallest absolute Gasteiger partial charge is 0.231 e. The average Bonchev–Trinajstić information content (AvgIpc) is 2.84. The normalized spacial score (nSPS) is 20.9. The van der Waals surface area contributed by atoms with Crippen molar-refractivity contribution in [3.05, 3.63) is 46.0 Å². The van der Waals surface area contributed by atoms with Crippen LogP contribution in [0.2, 0.25) is 0 Å². The fraction of sp³-hybridized carbons (Fsp3) is 0.438. The summed E-state index contributed by atoms with van der Waals surface area (Å²) in [5.41, 5.74) is 5.35. The van der Waals surface area contributed by atoms with Gasteiger partial charge in [-0.05, 0) is 35.9 Å². The highest BCUT2D eigenvalue weighted by atomic mass is 32.1. The lowest BCUT2D eigenvalue weighted by Gasteiger charge is -2.18. The lowest BCUT2D eigenvalue weighted by atomic mass is 10.3. The average molecular weight is 304 g/mol. The van der Waals surface area contributed by atoms with E-state index < -0.39 is 0 Å². The highest BCUT2D eigenvalue weighted by molar-refractivity contribution is 7.09. The number of thiophene rings is 1. The van der Waals surface area contributed by atoms with Gasteiger partial charge in [-0.2, -0.15) is 0 Å². The summed E-state index contributed by atoms with van der Waals surface area (Å²) in [6.07, 6.45) is 1.22. The Balaban J connectivity index is 1.65. The van der Waals surface area contributed by atoms with Gasteiger partial charge in [0.05, 0.1) is 13.1 Å². The van der Waals surface area contributed by atoms with Gasteiger partial charge >= 0.3 is 0 Å². The maximum Gasteiger partial charge on any atom is 0.231 e. The van der Waals surface area contributed by atoms with Crippen LogP contribution in [0.4, 0.5) is 0 Å². The molecule has 1 aliphatic carbocycles. The Bertz CT molecular complexity index is 606. The van der Waals surface area contributed by atoms with Crippen molar-refractivity contribution in [1.82, 2.24) is 4.90 Å². The Morgan fingerprint density at radius 3 is 2.86 bits per heavy atom. The number of primary amides is 1. The highest BCUT2D eigenvalue weighted by Gasteiger charge is 2.36. The van der Waals surface area contributed by atoms with E-state index in [1.807, 2.05) is 22.4 Å². The van der Waals surface area contributed by atoms with Crippen LogP contribution in [-0.2, 0) is 17.9 Å². The molecular formula is C16H20N2O2S. The second kappa shape index (κ2) is 6.03. The number of amides is 1. The molecular weight excluding hydrogens is 284 g/mol. The van der Waals surface area contributed by atoms with Crippen molar-refractivity contribution < 1.29 is 9.21 Å². The molecule has 1 saturated carbocycles. The molecule has 112 valence electrons. The van der Waals surface area contributed by atoms with Gasteiger partial charge in [-0.3, -0.25) is 9.69 Å². The van der Waals surface area contributed by atoms with Crippen LogP contribution >= 0.6 is 11.3 Å². The van der Waals surface area contributed by atoms with Gasteiger partial charge in [-0.15, -0.1) is 11.3 Å². The zero-order valence-electron chi connectivity index (χ0n) is 12.1. The van der Waals surface area contributed by atoms with Gasteiger partial charge in [0.15, 0.2) is 0 Å². The molecule has 0 bridgehead atoms. The molecule has 1 amide bonds. The summed E-state index contributed by atoms with van der Waals surface area (Å²) >= 11 is 1.68. The van der Waals surface area contributed by atoms with Crippen LogP contribution in [0.15, 0.2) is 34.1 Å². The Kier molecular flexibility index (Phi) is 4.12. The van der Waals surface area contributed by atoms with Crippen LogP contribution in [0.5, 0.6) is 0 Å². The molecule has 2 atom stereocenters. The maximum atomic E-state index is 11.2. The quantitative estimate of drug-likeness (QED) is 0.855. The predicted molar refractivity (Wildman–Crippen MR) is 82.9 cm³/mol. The summed E-state index contributed by atoms with van der Waals surface area (Å²) in [4.78, 5) is 14.5. The molecule has 1 aliphatic rings. The molecule has 2 unspecified atom stereocenters. The first-order valence-electron chi connectivity index (χ1n) is 7.23. The molecule has 0 spiro atoms. The Labute approximate surface area is 128 Å². The highest BCUT2D eigenvalue weighted by Crippen LogP contribution is 2.47. The zero-order valence-corrected chi connectivity index (χ0v) is 12.9. The van der Waals surface area contributed by atoms with E-state index in [-0.39, 0.29) is 12.5 Å². The fourth-order valence-corrected chi connectivity index (χ4v) is 3.37. The lowest BCUT2D eigenvalue weighted by molar-refractivity contribution is -0.119. The molecule has 0 aromatic carbocycles.